The fraction of sp³-hybridized carbons (Fsp3) is 0.889. The molecule has 0 atom stereocenters. The highest BCUT2D eigenvalue weighted by atomic mass is 32.1. The molecule has 0 heterocycles. The van der Waals surface area contributed by atoms with Crippen LogP contribution in [-0.2, 0) is 0 Å². The normalized spacial score (nSPS) is 25.0. The Bertz CT molecular complexity index is 195. The van der Waals surface area contributed by atoms with Gasteiger partial charge in [0.05, 0.1) is 0 Å². The molecular formula is C9H18N2S. The van der Waals surface area contributed by atoms with Gasteiger partial charge in [-0.25, -0.2) is 0 Å². The molecule has 3 N–H and O–H groups in total. The predicted octanol–water partition coefficient (Wildman–Crippen LogP) is 1.50. The van der Waals surface area contributed by atoms with Crippen LogP contribution < -0.4 is 11.1 Å². The molecule has 3 heteroatoms. The minimum Gasteiger partial charge on any atom is -0.376 e. The fourth-order valence-corrected chi connectivity index (χ4v) is 2.13. The molecule has 2 nitrogen and oxygen atoms in total. The molecule has 0 aliphatic heterocycles. The molecule has 1 aliphatic carbocycles. The van der Waals surface area contributed by atoms with Crippen LogP contribution in [0.5, 0.6) is 0 Å². The number of hydrogen-bond acceptors (Lipinski definition) is 1. The summed E-state index contributed by atoms with van der Waals surface area (Å²) in [6.07, 6.45) is 0. The maximum absolute atomic E-state index is 5.37. The second-order valence-electron chi connectivity index (χ2n) is 4.74. The van der Waals surface area contributed by atoms with Crippen molar-refractivity contribution in [2.45, 2.75) is 27.7 Å². The molecule has 0 amide bonds. The molecule has 1 saturated carbocycles. The first-order valence-electron chi connectivity index (χ1n) is 4.33. The Morgan fingerprint density at radius 1 is 1.33 bits per heavy atom. The van der Waals surface area contributed by atoms with E-state index in [0.29, 0.717) is 21.9 Å². The van der Waals surface area contributed by atoms with Crippen molar-refractivity contribution in [2.24, 2.45) is 22.5 Å². The van der Waals surface area contributed by atoms with E-state index in [-0.39, 0.29) is 0 Å². The number of nitrogens with one attached hydrogen (secondary N) is 1. The average Bonchev–Trinajstić information content (AvgIpc) is 2.21. The molecule has 1 aliphatic rings. The third-order valence-corrected chi connectivity index (χ3v) is 3.94. The molecule has 12 heavy (non-hydrogen) atoms. The van der Waals surface area contributed by atoms with Crippen LogP contribution >= 0.6 is 12.2 Å². The van der Waals surface area contributed by atoms with Gasteiger partial charge in [-0.1, -0.05) is 27.7 Å². The van der Waals surface area contributed by atoms with Crippen LogP contribution in [0.15, 0.2) is 0 Å². The summed E-state index contributed by atoms with van der Waals surface area (Å²) in [5, 5.41) is 3.44. The van der Waals surface area contributed by atoms with Crippen LogP contribution in [0.4, 0.5) is 0 Å². The van der Waals surface area contributed by atoms with E-state index in [4.69, 9.17) is 18.0 Å². The third-order valence-electron chi connectivity index (χ3n) is 3.80. The molecule has 0 saturated heterocycles. The maximum atomic E-state index is 5.37. The van der Waals surface area contributed by atoms with E-state index in [1.165, 1.54) is 0 Å². The molecule has 0 aromatic heterocycles. The van der Waals surface area contributed by atoms with Crippen LogP contribution in [0.2, 0.25) is 0 Å². The van der Waals surface area contributed by atoms with Crippen molar-refractivity contribution in [3.63, 3.8) is 0 Å². The molecule has 70 valence electrons. The van der Waals surface area contributed by atoms with Crippen molar-refractivity contribution < 1.29 is 0 Å². The monoisotopic (exact) mass is 186 g/mol. The van der Waals surface area contributed by atoms with Crippen LogP contribution in [-0.4, -0.2) is 11.7 Å². The van der Waals surface area contributed by atoms with Crippen LogP contribution in [0.25, 0.3) is 0 Å². The van der Waals surface area contributed by atoms with Crippen molar-refractivity contribution in [1.29, 1.82) is 0 Å². The summed E-state index contributed by atoms with van der Waals surface area (Å²) in [7, 11) is 0. The first kappa shape index (κ1) is 9.78. The van der Waals surface area contributed by atoms with Gasteiger partial charge in [0.25, 0.3) is 0 Å². The Hall–Kier alpha value is -0.310. The zero-order valence-electron chi connectivity index (χ0n) is 8.27. The van der Waals surface area contributed by atoms with Crippen molar-refractivity contribution >= 4 is 17.3 Å². The number of rotatable bonds is 2. The lowest BCUT2D eigenvalue weighted by atomic mass is 10.0. The highest BCUT2D eigenvalue weighted by Gasteiger charge is 2.63. The molecule has 0 aromatic rings. The molecule has 0 aromatic carbocycles. The molecule has 1 fully saturated rings. The summed E-state index contributed by atoms with van der Waals surface area (Å²) in [6.45, 7) is 10.1. The lowest BCUT2D eigenvalue weighted by Gasteiger charge is -2.04. The van der Waals surface area contributed by atoms with Crippen molar-refractivity contribution in [3.05, 3.63) is 0 Å². The number of nitrogens with two attached hydrogens (primary N) is 1. The van der Waals surface area contributed by atoms with Gasteiger partial charge in [0.15, 0.2) is 5.11 Å². The number of hydrogen-bond donors (Lipinski definition) is 2. The van der Waals surface area contributed by atoms with E-state index in [1.54, 1.807) is 0 Å². The van der Waals surface area contributed by atoms with Crippen LogP contribution in [0.3, 0.4) is 0 Å². The maximum Gasteiger partial charge on any atom is 0.163 e. The lowest BCUT2D eigenvalue weighted by molar-refractivity contribution is 0.457. The second-order valence-corrected chi connectivity index (χ2v) is 5.18. The van der Waals surface area contributed by atoms with Gasteiger partial charge in [-0.2, -0.15) is 0 Å². The van der Waals surface area contributed by atoms with E-state index in [9.17, 15) is 0 Å². The first-order chi connectivity index (χ1) is 5.30. The van der Waals surface area contributed by atoms with Gasteiger partial charge in [0, 0.05) is 6.54 Å². The molecule has 1 rings (SSSR count). The standard InChI is InChI=1S/C9H18N2S/c1-8(2)6(9(8,3)4)5-11-7(10)12/h6H,5H2,1-4H3,(H3,10,11,12). The van der Waals surface area contributed by atoms with E-state index in [2.05, 4.69) is 33.0 Å². The molecule has 0 unspecified atom stereocenters. The third kappa shape index (κ3) is 1.30. The molecule has 0 spiro atoms. The molecule has 0 bridgehead atoms. The first-order valence-corrected chi connectivity index (χ1v) is 4.74. The van der Waals surface area contributed by atoms with Crippen LogP contribution in [0, 0.1) is 16.7 Å². The number of thiocarbonyl (C=S) groups is 1. The van der Waals surface area contributed by atoms with Gasteiger partial charge in [-0.15, -0.1) is 0 Å². The van der Waals surface area contributed by atoms with Gasteiger partial charge < -0.3 is 11.1 Å². The summed E-state index contributed by atoms with van der Waals surface area (Å²) in [5.74, 6) is 0.687. The Labute approximate surface area is 79.9 Å². The summed E-state index contributed by atoms with van der Waals surface area (Å²) in [4.78, 5) is 0. The summed E-state index contributed by atoms with van der Waals surface area (Å²) >= 11 is 4.76. The van der Waals surface area contributed by atoms with Crippen molar-refractivity contribution in [2.75, 3.05) is 6.54 Å². The molecular weight excluding hydrogens is 168 g/mol. The zero-order valence-corrected chi connectivity index (χ0v) is 9.09. The van der Waals surface area contributed by atoms with Gasteiger partial charge in [0.2, 0.25) is 0 Å². The summed E-state index contributed by atoms with van der Waals surface area (Å²) < 4.78 is 0. The Kier molecular flexibility index (Phi) is 2.11. The Morgan fingerprint density at radius 2 is 1.75 bits per heavy atom. The SMILES string of the molecule is CC1(C)C(CNC(N)=S)C1(C)C. The predicted molar refractivity (Wildman–Crippen MR) is 55.8 cm³/mol. The smallest absolute Gasteiger partial charge is 0.163 e. The lowest BCUT2D eigenvalue weighted by Crippen LogP contribution is -2.31. The van der Waals surface area contributed by atoms with Gasteiger partial charge in [-0.05, 0) is 29.0 Å². The highest BCUT2D eigenvalue weighted by molar-refractivity contribution is 7.80. The highest BCUT2D eigenvalue weighted by Crippen LogP contribution is 2.67. The topological polar surface area (TPSA) is 38.0 Å². The molecule has 0 radical (unpaired) electrons. The minimum absolute atomic E-state index is 0.411. The second kappa shape index (κ2) is 2.59. The van der Waals surface area contributed by atoms with Gasteiger partial charge in [0.1, 0.15) is 0 Å². The van der Waals surface area contributed by atoms with E-state index >= 15 is 0 Å². The summed E-state index contributed by atoms with van der Waals surface area (Å²) in [5.41, 5.74) is 6.21. The quantitative estimate of drug-likeness (QED) is 0.642. The van der Waals surface area contributed by atoms with Crippen LogP contribution in [0.1, 0.15) is 27.7 Å². The van der Waals surface area contributed by atoms with E-state index in [0.717, 1.165) is 6.54 Å². The van der Waals surface area contributed by atoms with Gasteiger partial charge >= 0.3 is 0 Å². The van der Waals surface area contributed by atoms with E-state index < -0.39 is 0 Å². The zero-order chi connectivity index (χ0) is 9.57. The minimum atomic E-state index is 0.411. The largest absolute Gasteiger partial charge is 0.376 e. The van der Waals surface area contributed by atoms with Gasteiger partial charge in [-0.3, -0.25) is 0 Å². The van der Waals surface area contributed by atoms with Crippen molar-refractivity contribution in [1.82, 2.24) is 5.32 Å². The fourth-order valence-electron chi connectivity index (χ4n) is 2.05. The average molecular weight is 186 g/mol. The Morgan fingerprint density at radius 3 is 2.00 bits per heavy atom. The summed E-state index contributed by atoms with van der Waals surface area (Å²) in [6, 6.07) is 0. The Balaban J connectivity index is 2.44. The van der Waals surface area contributed by atoms with E-state index in [1.807, 2.05) is 0 Å². The van der Waals surface area contributed by atoms with Crippen molar-refractivity contribution in [3.8, 4) is 0 Å².